The molecule has 6 rings (SSSR count). The molecule has 2 aliphatic carbocycles. The Balaban J connectivity index is 0.000000296. The van der Waals surface area contributed by atoms with Gasteiger partial charge in [-0.05, 0) is 63.1 Å². The number of nitrogens with two attached hydrogens (primary N) is 1. The highest BCUT2D eigenvalue weighted by molar-refractivity contribution is 5.61. The Morgan fingerprint density at radius 3 is 2.52 bits per heavy atom. The summed E-state index contributed by atoms with van der Waals surface area (Å²) < 4.78 is 7.44. The molecule has 0 radical (unpaired) electrons. The lowest BCUT2D eigenvalue weighted by Gasteiger charge is -2.54. The quantitative estimate of drug-likeness (QED) is 0.666. The standard InChI is InChI=1S/C18H20N6O.C5H11N/c1-25-14-7-15-21-10-13(12-3-6-20-17(19)22-12)24(15)23-16(14)11-8-18(9-11)4-2-5-18;1-2-4-6-5-3-1/h3,6-7,10-11H,2,4-5,8-9H2,1H3,(H2,19,20,22);6H,1-5H2. The first kappa shape index (κ1) is 20.2. The van der Waals surface area contributed by atoms with E-state index in [4.69, 9.17) is 15.6 Å². The van der Waals surface area contributed by atoms with Gasteiger partial charge in [0.1, 0.15) is 17.1 Å². The van der Waals surface area contributed by atoms with Crippen LogP contribution in [0.1, 0.15) is 63.0 Å². The van der Waals surface area contributed by atoms with Crippen LogP contribution < -0.4 is 15.8 Å². The fourth-order valence-electron chi connectivity index (χ4n) is 5.11. The second-order valence-electron chi connectivity index (χ2n) is 9.08. The topological polar surface area (TPSA) is 103 Å². The van der Waals surface area contributed by atoms with Gasteiger partial charge >= 0.3 is 0 Å². The van der Waals surface area contributed by atoms with Gasteiger partial charge in [-0.25, -0.2) is 19.5 Å². The summed E-state index contributed by atoms with van der Waals surface area (Å²) in [5, 5.41) is 8.17. The minimum absolute atomic E-state index is 0.243. The van der Waals surface area contributed by atoms with Gasteiger partial charge in [0, 0.05) is 18.2 Å². The Labute approximate surface area is 182 Å². The summed E-state index contributed by atoms with van der Waals surface area (Å²) in [6.45, 7) is 2.50. The molecule has 1 aliphatic heterocycles. The third-order valence-electron chi connectivity index (χ3n) is 7.01. The van der Waals surface area contributed by atoms with Gasteiger partial charge in [-0.1, -0.05) is 12.8 Å². The lowest BCUT2D eigenvalue weighted by molar-refractivity contribution is 0.00648. The molecule has 0 amide bonds. The fraction of sp³-hybridized carbons (Fsp3) is 0.565. The molecular formula is C23H31N7O. The largest absolute Gasteiger partial charge is 0.495 e. The lowest BCUT2D eigenvalue weighted by Crippen LogP contribution is -2.41. The molecule has 2 saturated carbocycles. The minimum atomic E-state index is 0.243. The van der Waals surface area contributed by atoms with E-state index in [0.717, 1.165) is 22.8 Å². The van der Waals surface area contributed by atoms with Crippen LogP contribution in [0.3, 0.4) is 0 Å². The molecule has 8 nitrogen and oxygen atoms in total. The number of hydrogen-bond donors (Lipinski definition) is 2. The van der Waals surface area contributed by atoms with Crippen molar-refractivity contribution < 1.29 is 4.74 Å². The van der Waals surface area contributed by atoms with Crippen LogP contribution >= 0.6 is 0 Å². The van der Waals surface area contributed by atoms with Gasteiger partial charge in [0.05, 0.1) is 19.0 Å². The van der Waals surface area contributed by atoms with E-state index in [1.54, 1.807) is 19.5 Å². The lowest BCUT2D eigenvalue weighted by atomic mass is 9.51. The third kappa shape index (κ3) is 3.96. The third-order valence-corrected chi connectivity index (χ3v) is 7.01. The summed E-state index contributed by atoms with van der Waals surface area (Å²) >= 11 is 0. The Morgan fingerprint density at radius 2 is 1.94 bits per heavy atom. The number of nitrogens with one attached hydrogen (secondary N) is 1. The van der Waals surface area contributed by atoms with E-state index < -0.39 is 0 Å². The number of piperidine rings is 1. The number of nitrogen functional groups attached to an aromatic ring is 1. The molecule has 0 bridgehead atoms. The van der Waals surface area contributed by atoms with Crippen molar-refractivity contribution >= 4 is 11.6 Å². The maximum atomic E-state index is 5.72. The van der Waals surface area contributed by atoms with Crippen molar-refractivity contribution in [2.45, 2.75) is 57.3 Å². The van der Waals surface area contributed by atoms with Crippen molar-refractivity contribution in [1.29, 1.82) is 0 Å². The summed E-state index contributed by atoms with van der Waals surface area (Å²) in [6, 6.07) is 3.78. The number of imidazole rings is 1. The zero-order valence-corrected chi connectivity index (χ0v) is 18.2. The van der Waals surface area contributed by atoms with Crippen LogP contribution in [0.4, 0.5) is 5.95 Å². The number of fused-ring (bicyclic) bond motifs is 1. The Kier molecular flexibility index (Phi) is 5.48. The first-order valence-corrected chi connectivity index (χ1v) is 11.4. The van der Waals surface area contributed by atoms with E-state index in [0.29, 0.717) is 17.0 Å². The molecule has 3 fully saturated rings. The molecule has 0 atom stereocenters. The average molecular weight is 422 g/mol. The van der Waals surface area contributed by atoms with Crippen LogP contribution in [0, 0.1) is 5.41 Å². The molecular weight excluding hydrogens is 390 g/mol. The second-order valence-corrected chi connectivity index (χ2v) is 9.08. The normalized spacial score (nSPS) is 19.9. The minimum Gasteiger partial charge on any atom is -0.495 e. The monoisotopic (exact) mass is 421 g/mol. The molecule has 3 N–H and O–H groups in total. The number of aromatic nitrogens is 5. The number of anilines is 1. The highest BCUT2D eigenvalue weighted by Gasteiger charge is 2.49. The van der Waals surface area contributed by atoms with E-state index in [9.17, 15) is 0 Å². The van der Waals surface area contributed by atoms with Crippen molar-refractivity contribution in [1.82, 2.24) is 29.9 Å². The summed E-state index contributed by atoms with van der Waals surface area (Å²) in [5.74, 6) is 1.53. The van der Waals surface area contributed by atoms with Gasteiger partial charge < -0.3 is 15.8 Å². The molecule has 1 spiro atoms. The van der Waals surface area contributed by atoms with E-state index in [1.807, 2.05) is 16.6 Å². The first-order chi connectivity index (χ1) is 15.2. The smallest absolute Gasteiger partial charge is 0.220 e. The van der Waals surface area contributed by atoms with Crippen LogP contribution in [0.15, 0.2) is 24.5 Å². The predicted octanol–water partition coefficient (Wildman–Crippen LogP) is 3.58. The fourth-order valence-corrected chi connectivity index (χ4v) is 5.11. The summed E-state index contributed by atoms with van der Waals surface area (Å²) in [7, 11) is 1.70. The predicted molar refractivity (Wildman–Crippen MR) is 120 cm³/mol. The van der Waals surface area contributed by atoms with E-state index in [1.165, 1.54) is 64.5 Å². The van der Waals surface area contributed by atoms with Crippen LogP contribution in [-0.4, -0.2) is 44.8 Å². The second kappa shape index (κ2) is 8.42. The van der Waals surface area contributed by atoms with Crippen molar-refractivity contribution in [3.63, 3.8) is 0 Å². The number of ether oxygens (including phenoxy) is 1. The number of methoxy groups -OCH3 is 1. The van der Waals surface area contributed by atoms with Crippen molar-refractivity contribution in [2.75, 3.05) is 25.9 Å². The summed E-state index contributed by atoms with van der Waals surface area (Å²) in [5.41, 5.74) is 9.60. The number of hydrogen-bond acceptors (Lipinski definition) is 7. The number of rotatable bonds is 3. The van der Waals surface area contributed by atoms with E-state index in [-0.39, 0.29) is 5.95 Å². The number of nitrogens with zero attached hydrogens (tertiary/aromatic N) is 5. The van der Waals surface area contributed by atoms with Crippen molar-refractivity contribution in [3.8, 4) is 17.1 Å². The maximum Gasteiger partial charge on any atom is 0.220 e. The van der Waals surface area contributed by atoms with Crippen LogP contribution in [0.2, 0.25) is 0 Å². The van der Waals surface area contributed by atoms with Gasteiger partial charge in [0.2, 0.25) is 5.95 Å². The van der Waals surface area contributed by atoms with Crippen LogP contribution in [0.5, 0.6) is 5.75 Å². The molecule has 31 heavy (non-hydrogen) atoms. The van der Waals surface area contributed by atoms with Crippen LogP contribution in [0.25, 0.3) is 17.0 Å². The van der Waals surface area contributed by atoms with Gasteiger partial charge in [0.25, 0.3) is 0 Å². The SMILES string of the molecule is C1CCNCC1.COc1cc2ncc(-c3ccnc(N)n3)n2nc1C1CC2(CCC2)C1. The maximum absolute atomic E-state index is 5.72. The Hall–Kier alpha value is -2.74. The summed E-state index contributed by atoms with van der Waals surface area (Å²) in [6.07, 6.45) is 14.2. The van der Waals surface area contributed by atoms with Gasteiger partial charge in [-0.3, -0.25) is 0 Å². The molecule has 0 unspecified atom stereocenters. The summed E-state index contributed by atoms with van der Waals surface area (Å²) in [4.78, 5) is 12.7. The molecule has 8 heteroatoms. The molecule has 4 heterocycles. The zero-order valence-electron chi connectivity index (χ0n) is 18.2. The molecule has 0 aromatic carbocycles. The van der Waals surface area contributed by atoms with E-state index >= 15 is 0 Å². The van der Waals surface area contributed by atoms with Gasteiger partial charge in [-0.2, -0.15) is 5.10 Å². The molecule has 3 aromatic rings. The Morgan fingerprint density at radius 1 is 1.13 bits per heavy atom. The molecule has 164 valence electrons. The average Bonchev–Trinajstić information content (AvgIpc) is 3.16. The van der Waals surface area contributed by atoms with Gasteiger partial charge in [-0.15, -0.1) is 0 Å². The van der Waals surface area contributed by atoms with Crippen molar-refractivity contribution in [2.24, 2.45) is 5.41 Å². The highest BCUT2D eigenvalue weighted by Crippen LogP contribution is 2.62. The van der Waals surface area contributed by atoms with E-state index in [2.05, 4.69) is 20.3 Å². The van der Waals surface area contributed by atoms with Gasteiger partial charge in [0.15, 0.2) is 5.65 Å². The Bertz CT molecular complexity index is 1040. The molecule has 3 aromatic heterocycles. The zero-order chi connectivity index (χ0) is 21.3. The first-order valence-electron chi connectivity index (χ1n) is 11.4. The molecule has 3 aliphatic rings. The highest BCUT2D eigenvalue weighted by atomic mass is 16.5. The van der Waals surface area contributed by atoms with Crippen LogP contribution in [-0.2, 0) is 0 Å². The van der Waals surface area contributed by atoms with Crippen molar-refractivity contribution in [3.05, 3.63) is 30.2 Å². The molecule has 1 saturated heterocycles.